The van der Waals surface area contributed by atoms with Crippen molar-refractivity contribution >= 4 is 22.2 Å². The molecule has 1 amide bonds. The van der Waals surface area contributed by atoms with E-state index in [1.54, 1.807) is 7.11 Å². The summed E-state index contributed by atoms with van der Waals surface area (Å²) < 4.78 is 12.5. The van der Waals surface area contributed by atoms with Crippen molar-refractivity contribution in [2.45, 2.75) is 20.4 Å². The van der Waals surface area contributed by atoms with Gasteiger partial charge < -0.3 is 14.4 Å². The molecule has 3 heterocycles. The molecule has 1 saturated heterocycles. The van der Waals surface area contributed by atoms with Gasteiger partial charge in [0.25, 0.3) is 11.5 Å². The Labute approximate surface area is 218 Å². The van der Waals surface area contributed by atoms with Crippen molar-refractivity contribution in [3.05, 3.63) is 75.7 Å². The number of amides is 1. The monoisotopic (exact) mass is 519 g/mol. The summed E-state index contributed by atoms with van der Waals surface area (Å²) in [5.41, 5.74) is 3.63. The van der Waals surface area contributed by atoms with Crippen LogP contribution in [0.5, 0.6) is 11.5 Å². The Morgan fingerprint density at radius 1 is 1.03 bits per heavy atom. The summed E-state index contributed by atoms with van der Waals surface area (Å²) in [6.07, 6.45) is 0. The van der Waals surface area contributed by atoms with E-state index in [9.17, 15) is 9.59 Å². The van der Waals surface area contributed by atoms with Crippen LogP contribution in [0, 0.1) is 13.8 Å². The molecule has 0 aliphatic carbocycles. The molecule has 0 saturated carbocycles. The number of aryl methyl sites for hydroxylation is 2. The van der Waals surface area contributed by atoms with Crippen LogP contribution in [0.4, 0.5) is 0 Å². The SMILES string of the molecule is COc1ccccc1-c1nn2c(=O)cc(CN3CCN(C(=O)COc4ccc(C)c(C)c4)CC3)nc2s1. The molecule has 0 bridgehead atoms. The number of ether oxygens (including phenoxy) is 2. The van der Waals surface area contributed by atoms with Gasteiger partial charge in [-0.25, -0.2) is 4.98 Å². The van der Waals surface area contributed by atoms with Gasteiger partial charge in [-0.1, -0.05) is 29.5 Å². The van der Waals surface area contributed by atoms with Crippen molar-refractivity contribution in [1.29, 1.82) is 0 Å². The first-order valence-electron chi connectivity index (χ1n) is 12.1. The lowest BCUT2D eigenvalue weighted by molar-refractivity contribution is -0.135. The lowest BCUT2D eigenvalue weighted by atomic mass is 10.1. The van der Waals surface area contributed by atoms with Gasteiger partial charge in [-0.15, -0.1) is 0 Å². The molecular formula is C27H29N5O4S. The van der Waals surface area contributed by atoms with Crippen molar-refractivity contribution in [2.24, 2.45) is 0 Å². The zero-order valence-electron chi connectivity index (χ0n) is 21.1. The summed E-state index contributed by atoms with van der Waals surface area (Å²) in [6.45, 7) is 7.25. The normalized spacial score (nSPS) is 14.2. The number of fused-ring (bicyclic) bond motifs is 1. The number of hydrogen-bond donors (Lipinski definition) is 0. The van der Waals surface area contributed by atoms with E-state index in [4.69, 9.17) is 14.5 Å². The second-order valence-electron chi connectivity index (χ2n) is 9.08. The molecule has 9 nitrogen and oxygen atoms in total. The number of methoxy groups -OCH3 is 1. The molecule has 1 fully saturated rings. The summed E-state index contributed by atoms with van der Waals surface area (Å²) in [5.74, 6) is 1.38. The number of nitrogens with zero attached hydrogens (tertiary/aromatic N) is 5. The van der Waals surface area contributed by atoms with Gasteiger partial charge in [0.15, 0.2) is 11.6 Å². The summed E-state index contributed by atoms with van der Waals surface area (Å²) >= 11 is 1.36. The van der Waals surface area contributed by atoms with Crippen molar-refractivity contribution in [3.8, 4) is 22.1 Å². The van der Waals surface area contributed by atoms with Crippen LogP contribution in [0.1, 0.15) is 16.8 Å². The van der Waals surface area contributed by atoms with Crippen LogP contribution in [0.15, 0.2) is 53.3 Å². The Balaban J connectivity index is 1.20. The maximum atomic E-state index is 12.8. The average Bonchev–Trinajstić information content (AvgIpc) is 3.34. The molecule has 37 heavy (non-hydrogen) atoms. The number of carbonyl (C=O) groups excluding carboxylic acids is 1. The van der Waals surface area contributed by atoms with Crippen LogP contribution in [-0.4, -0.2) is 70.2 Å². The molecule has 1 aliphatic rings. The van der Waals surface area contributed by atoms with E-state index in [-0.39, 0.29) is 18.1 Å². The minimum Gasteiger partial charge on any atom is -0.496 e. The van der Waals surface area contributed by atoms with Crippen LogP contribution in [0.25, 0.3) is 15.5 Å². The topological polar surface area (TPSA) is 89.3 Å². The van der Waals surface area contributed by atoms with Crippen molar-refractivity contribution in [3.63, 3.8) is 0 Å². The van der Waals surface area contributed by atoms with E-state index in [1.807, 2.05) is 61.2 Å². The number of aromatic nitrogens is 3. The molecule has 2 aromatic heterocycles. The summed E-state index contributed by atoms with van der Waals surface area (Å²) in [7, 11) is 1.61. The van der Waals surface area contributed by atoms with Crippen LogP contribution in [0.2, 0.25) is 0 Å². The minimum absolute atomic E-state index is 0.0239. The Hall–Kier alpha value is -3.76. The molecule has 1 aliphatic heterocycles. The third-order valence-electron chi connectivity index (χ3n) is 6.59. The van der Waals surface area contributed by atoms with Gasteiger partial charge in [-0.05, 0) is 49.2 Å². The standard InChI is InChI=1S/C27H29N5O4S/c1-18-8-9-21(14-19(18)2)36-17-25(34)31-12-10-30(11-13-31)16-20-15-24(33)32-27(28-20)37-26(29-32)22-6-4-5-7-23(22)35-3/h4-9,14-15H,10-13,16-17H2,1-3H3. The molecule has 0 atom stereocenters. The van der Waals surface area contributed by atoms with Crippen molar-refractivity contribution in [1.82, 2.24) is 24.4 Å². The van der Waals surface area contributed by atoms with Crippen LogP contribution >= 0.6 is 11.3 Å². The highest BCUT2D eigenvalue weighted by Gasteiger charge is 2.22. The molecular weight excluding hydrogens is 490 g/mol. The number of piperazine rings is 1. The van der Waals surface area contributed by atoms with Crippen LogP contribution in [-0.2, 0) is 11.3 Å². The fraction of sp³-hybridized carbons (Fsp3) is 0.333. The fourth-order valence-electron chi connectivity index (χ4n) is 4.29. The van der Waals surface area contributed by atoms with Crippen molar-refractivity contribution in [2.75, 3.05) is 39.9 Å². The average molecular weight is 520 g/mol. The molecule has 4 aromatic rings. The number of rotatable bonds is 7. The van der Waals surface area contributed by atoms with E-state index in [2.05, 4.69) is 10.00 Å². The van der Waals surface area contributed by atoms with Gasteiger partial charge in [-0.2, -0.15) is 9.61 Å². The fourth-order valence-corrected chi connectivity index (χ4v) is 5.25. The van der Waals surface area contributed by atoms with Crippen molar-refractivity contribution < 1.29 is 14.3 Å². The predicted octanol–water partition coefficient (Wildman–Crippen LogP) is 3.17. The Kier molecular flexibility index (Phi) is 7.20. The quantitative estimate of drug-likeness (QED) is 0.371. The summed E-state index contributed by atoms with van der Waals surface area (Å²) in [4.78, 5) is 34.7. The molecule has 10 heteroatoms. The molecule has 2 aromatic carbocycles. The first-order chi connectivity index (χ1) is 17.9. The third kappa shape index (κ3) is 5.50. The minimum atomic E-state index is -0.213. The van der Waals surface area contributed by atoms with Gasteiger partial charge in [0.2, 0.25) is 4.96 Å². The zero-order valence-corrected chi connectivity index (χ0v) is 22.0. The first kappa shape index (κ1) is 24.9. The van der Waals surface area contributed by atoms with E-state index in [1.165, 1.54) is 27.5 Å². The predicted molar refractivity (Wildman–Crippen MR) is 142 cm³/mol. The molecule has 192 valence electrons. The van der Waals surface area contributed by atoms with E-state index < -0.39 is 0 Å². The smallest absolute Gasteiger partial charge is 0.275 e. The molecule has 0 unspecified atom stereocenters. The Bertz CT molecular complexity index is 1490. The lowest BCUT2D eigenvalue weighted by Gasteiger charge is -2.34. The number of hydrogen-bond acceptors (Lipinski definition) is 8. The summed E-state index contributed by atoms with van der Waals surface area (Å²) in [5, 5.41) is 5.14. The second-order valence-corrected chi connectivity index (χ2v) is 10.0. The van der Waals surface area contributed by atoms with E-state index >= 15 is 0 Å². The van der Waals surface area contributed by atoms with E-state index in [0.29, 0.717) is 59.9 Å². The maximum absolute atomic E-state index is 12.8. The van der Waals surface area contributed by atoms with E-state index in [0.717, 1.165) is 11.1 Å². The number of benzene rings is 2. The van der Waals surface area contributed by atoms with Crippen LogP contribution in [0.3, 0.4) is 0 Å². The van der Waals surface area contributed by atoms with Crippen LogP contribution < -0.4 is 15.0 Å². The number of para-hydroxylation sites is 1. The van der Waals surface area contributed by atoms with Gasteiger partial charge >= 0.3 is 0 Å². The third-order valence-corrected chi connectivity index (χ3v) is 7.53. The molecule has 0 spiro atoms. The molecule has 5 rings (SSSR count). The highest BCUT2D eigenvalue weighted by Crippen LogP contribution is 2.32. The Morgan fingerprint density at radius 3 is 2.57 bits per heavy atom. The van der Waals surface area contributed by atoms with Gasteiger partial charge in [0.1, 0.15) is 11.5 Å². The number of carbonyl (C=O) groups is 1. The van der Waals surface area contributed by atoms with Gasteiger partial charge in [-0.3, -0.25) is 14.5 Å². The lowest BCUT2D eigenvalue weighted by Crippen LogP contribution is -2.49. The highest BCUT2D eigenvalue weighted by molar-refractivity contribution is 7.19. The summed E-state index contributed by atoms with van der Waals surface area (Å²) in [6, 6.07) is 15.0. The largest absolute Gasteiger partial charge is 0.496 e. The van der Waals surface area contributed by atoms with Gasteiger partial charge in [0, 0.05) is 38.8 Å². The maximum Gasteiger partial charge on any atom is 0.275 e. The Morgan fingerprint density at radius 2 is 1.81 bits per heavy atom. The van der Waals surface area contributed by atoms with Gasteiger partial charge in [0.05, 0.1) is 18.4 Å². The zero-order chi connectivity index (χ0) is 25.9. The second kappa shape index (κ2) is 10.7. The first-order valence-corrected chi connectivity index (χ1v) is 13.0. The molecule has 0 radical (unpaired) electrons. The molecule has 0 N–H and O–H groups in total. The highest BCUT2D eigenvalue weighted by atomic mass is 32.1.